The normalized spacial score (nSPS) is 36.2. The predicted octanol–water partition coefficient (Wildman–Crippen LogP) is 2.64. The summed E-state index contributed by atoms with van der Waals surface area (Å²) in [6.07, 6.45) is 0.785. The van der Waals surface area contributed by atoms with Gasteiger partial charge in [-0.3, -0.25) is 4.79 Å². The van der Waals surface area contributed by atoms with Gasteiger partial charge in [-0.15, -0.1) is 0 Å². The highest BCUT2D eigenvalue weighted by Crippen LogP contribution is 2.65. The Hall–Kier alpha value is -0.720. The monoisotopic (exact) mass is 340 g/mol. The van der Waals surface area contributed by atoms with Crippen molar-refractivity contribution < 1.29 is 27.8 Å². The minimum atomic E-state index is -3.28. The summed E-state index contributed by atoms with van der Waals surface area (Å²) < 4.78 is 35.2. The second-order valence-electron chi connectivity index (χ2n) is 5.86. The van der Waals surface area contributed by atoms with E-state index >= 15 is 0 Å². The van der Waals surface area contributed by atoms with Crippen LogP contribution in [-0.2, 0) is 19.1 Å². The van der Waals surface area contributed by atoms with Crippen LogP contribution in [0.25, 0.3) is 0 Å². The van der Waals surface area contributed by atoms with E-state index in [0.29, 0.717) is 12.8 Å². The fraction of sp³-hybridized carbons (Fsp3) is 0.833. The average molecular weight is 341 g/mol. The highest BCUT2D eigenvalue weighted by Gasteiger charge is 2.76. The first-order valence-corrected chi connectivity index (χ1v) is 6.73. The van der Waals surface area contributed by atoms with Gasteiger partial charge in [-0.25, -0.2) is 4.79 Å². The van der Waals surface area contributed by atoms with E-state index in [4.69, 9.17) is 4.74 Å². The molecule has 2 unspecified atom stereocenters. The summed E-state index contributed by atoms with van der Waals surface area (Å²) in [4.78, 5) is 20.7. The maximum absolute atomic E-state index is 12.7. The molecule has 1 heterocycles. The number of ether oxygens (including phenoxy) is 2. The molecular formula is C12H15BrF2O4. The molecule has 1 aliphatic heterocycles. The van der Waals surface area contributed by atoms with Gasteiger partial charge in [-0.1, -0.05) is 13.8 Å². The van der Waals surface area contributed by atoms with Crippen molar-refractivity contribution in [2.45, 2.75) is 44.0 Å². The van der Waals surface area contributed by atoms with Gasteiger partial charge in [0, 0.05) is 5.41 Å². The van der Waals surface area contributed by atoms with Gasteiger partial charge < -0.3 is 9.47 Å². The van der Waals surface area contributed by atoms with Crippen LogP contribution in [0.1, 0.15) is 33.6 Å². The van der Waals surface area contributed by atoms with Gasteiger partial charge in [-0.2, -0.15) is 8.78 Å². The standard InChI is InChI=1S/C12H15BrF2O4/c1-9(2)10(3)4-5-11(9,19-7(10)16)8(17)18-6-12(13,14)15/h4-6H2,1-3H3. The first kappa shape index (κ1) is 14.7. The molecule has 0 radical (unpaired) electrons. The van der Waals surface area contributed by atoms with Crippen molar-refractivity contribution in [3.8, 4) is 0 Å². The third kappa shape index (κ3) is 1.80. The lowest BCUT2D eigenvalue weighted by Crippen LogP contribution is -2.49. The zero-order chi connectivity index (χ0) is 14.7. The number of carbonyl (C=O) groups is 2. The summed E-state index contributed by atoms with van der Waals surface area (Å²) >= 11 is 2.10. The van der Waals surface area contributed by atoms with Gasteiger partial charge in [0.25, 0.3) is 0 Å². The van der Waals surface area contributed by atoms with Gasteiger partial charge in [0.15, 0.2) is 6.61 Å². The first-order chi connectivity index (χ1) is 8.46. The molecule has 1 saturated carbocycles. The summed E-state index contributed by atoms with van der Waals surface area (Å²) in [7, 11) is 0. The van der Waals surface area contributed by atoms with Crippen molar-refractivity contribution in [1.82, 2.24) is 0 Å². The molecule has 0 amide bonds. The van der Waals surface area contributed by atoms with Crippen LogP contribution in [-0.4, -0.2) is 29.0 Å². The highest BCUT2D eigenvalue weighted by atomic mass is 79.9. The van der Waals surface area contributed by atoms with E-state index in [9.17, 15) is 18.4 Å². The number of hydrogen-bond acceptors (Lipinski definition) is 4. The van der Waals surface area contributed by atoms with Crippen molar-refractivity contribution in [3.05, 3.63) is 0 Å². The molecule has 2 atom stereocenters. The molecule has 1 aliphatic carbocycles. The van der Waals surface area contributed by atoms with E-state index < -0.39 is 39.8 Å². The van der Waals surface area contributed by atoms with E-state index in [1.54, 1.807) is 20.8 Å². The summed E-state index contributed by atoms with van der Waals surface area (Å²) in [5, 5.41) is 0. The van der Waals surface area contributed by atoms with E-state index in [0.717, 1.165) is 0 Å². The molecule has 2 fully saturated rings. The van der Waals surface area contributed by atoms with Crippen molar-refractivity contribution in [2.75, 3.05) is 6.61 Å². The SMILES string of the molecule is CC12CCC(C(=O)OCC(F)(F)Br)(OC1=O)C2(C)C. The topological polar surface area (TPSA) is 52.6 Å². The number of rotatable bonds is 3. The second kappa shape index (κ2) is 3.90. The lowest BCUT2D eigenvalue weighted by molar-refractivity contribution is -0.186. The molecule has 2 bridgehead atoms. The van der Waals surface area contributed by atoms with E-state index in [1.807, 2.05) is 0 Å². The van der Waals surface area contributed by atoms with Gasteiger partial charge >= 0.3 is 16.8 Å². The second-order valence-corrected chi connectivity index (χ2v) is 7.03. The van der Waals surface area contributed by atoms with Crippen molar-refractivity contribution in [1.29, 1.82) is 0 Å². The molecule has 1 saturated heterocycles. The van der Waals surface area contributed by atoms with Crippen LogP contribution in [0.15, 0.2) is 0 Å². The lowest BCUT2D eigenvalue weighted by Gasteiger charge is -2.34. The molecule has 7 heteroatoms. The highest BCUT2D eigenvalue weighted by molar-refractivity contribution is 9.10. The average Bonchev–Trinajstić information content (AvgIpc) is 2.55. The maximum Gasteiger partial charge on any atom is 0.351 e. The minimum absolute atomic E-state index is 0.301. The van der Waals surface area contributed by atoms with Crippen molar-refractivity contribution >= 4 is 27.9 Å². The molecule has 2 aliphatic rings. The molecule has 108 valence electrons. The Kier molecular flexibility index (Phi) is 3.01. The zero-order valence-electron chi connectivity index (χ0n) is 10.9. The Morgan fingerprint density at radius 1 is 1.42 bits per heavy atom. The number of fused-ring (bicyclic) bond motifs is 2. The fourth-order valence-electron chi connectivity index (χ4n) is 2.97. The lowest BCUT2D eigenvalue weighted by atomic mass is 9.66. The van der Waals surface area contributed by atoms with E-state index in [1.165, 1.54) is 0 Å². The van der Waals surface area contributed by atoms with Crippen LogP contribution in [0.3, 0.4) is 0 Å². The number of hydrogen-bond donors (Lipinski definition) is 0. The van der Waals surface area contributed by atoms with Crippen molar-refractivity contribution in [3.63, 3.8) is 0 Å². The largest absolute Gasteiger partial charge is 0.455 e. The Balaban J connectivity index is 2.25. The smallest absolute Gasteiger partial charge is 0.351 e. The molecule has 0 aromatic heterocycles. The Morgan fingerprint density at radius 2 is 2.00 bits per heavy atom. The summed E-state index contributed by atoms with van der Waals surface area (Å²) in [5.74, 6) is -1.36. The third-order valence-corrected chi connectivity index (χ3v) is 5.01. The Morgan fingerprint density at radius 3 is 2.37 bits per heavy atom. The minimum Gasteiger partial charge on any atom is -0.455 e. The van der Waals surface area contributed by atoms with Crippen LogP contribution >= 0.6 is 15.9 Å². The van der Waals surface area contributed by atoms with Gasteiger partial charge in [0.05, 0.1) is 5.41 Å². The van der Waals surface area contributed by atoms with Crippen LogP contribution in [0.5, 0.6) is 0 Å². The van der Waals surface area contributed by atoms with E-state index in [-0.39, 0.29) is 0 Å². The number of alkyl halides is 3. The van der Waals surface area contributed by atoms with Crippen molar-refractivity contribution in [2.24, 2.45) is 10.8 Å². The quantitative estimate of drug-likeness (QED) is 0.585. The van der Waals surface area contributed by atoms with Crippen LogP contribution in [0, 0.1) is 10.8 Å². The van der Waals surface area contributed by atoms with Gasteiger partial charge in [-0.05, 0) is 35.7 Å². The van der Waals surface area contributed by atoms with Crippen LogP contribution in [0.2, 0.25) is 0 Å². The number of halogens is 3. The zero-order valence-corrected chi connectivity index (χ0v) is 12.5. The first-order valence-electron chi connectivity index (χ1n) is 5.94. The molecule has 2 rings (SSSR count). The summed E-state index contributed by atoms with van der Waals surface area (Å²) in [6, 6.07) is 0. The molecule has 0 aromatic carbocycles. The summed E-state index contributed by atoms with van der Waals surface area (Å²) in [6.45, 7) is 4.12. The maximum atomic E-state index is 12.7. The molecule has 19 heavy (non-hydrogen) atoms. The predicted molar refractivity (Wildman–Crippen MR) is 64.8 cm³/mol. The molecule has 0 N–H and O–H groups in total. The Bertz CT molecular complexity index is 446. The third-order valence-electron chi connectivity index (χ3n) is 4.78. The fourth-order valence-corrected chi connectivity index (χ4v) is 3.08. The molecule has 0 spiro atoms. The van der Waals surface area contributed by atoms with Crippen LogP contribution in [0.4, 0.5) is 8.78 Å². The molecular weight excluding hydrogens is 326 g/mol. The van der Waals surface area contributed by atoms with E-state index in [2.05, 4.69) is 20.7 Å². The van der Waals surface area contributed by atoms with Gasteiger partial charge in [0.2, 0.25) is 5.60 Å². The van der Waals surface area contributed by atoms with Crippen LogP contribution < -0.4 is 0 Å². The Labute approximate surface area is 117 Å². The number of carbonyl (C=O) groups excluding carboxylic acids is 2. The molecule has 4 nitrogen and oxygen atoms in total. The number of esters is 2. The molecule has 0 aromatic rings. The summed E-state index contributed by atoms with van der Waals surface area (Å²) in [5.41, 5.74) is -3.00. The van der Waals surface area contributed by atoms with Gasteiger partial charge in [0.1, 0.15) is 0 Å².